The molecule has 3 nitrogen and oxygen atoms in total. The molecule has 0 aliphatic carbocycles. The van der Waals surface area contributed by atoms with Crippen LogP contribution in [-0.4, -0.2) is 23.9 Å². The van der Waals surface area contributed by atoms with Crippen LogP contribution >= 0.6 is 23.2 Å². The van der Waals surface area contributed by atoms with Crippen LogP contribution in [0, 0.1) is 12.8 Å². The van der Waals surface area contributed by atoms with E-state index in [9.17, 15) is 4.79 Å². The maximum Gasteiger partial charge on any atom is 0.228 e. The summed E-state index contributed by atoms with van der Waals surface area (Å²) in [6.45, 7) is 4.50. The smallest absolute Gasteiger partial charge is 0.228 e. The lowest BCUT2D eigenvalue weighted by Gasteiger charge is -2.32. The van der Waals surface area contributed by atoms with Gasteiger partial charge in [-0.1, -0.05) is 47.0 Å². The highest BCUT2D eigenvalue weighted by Gasteiger charge is 2.26. The summed E-state index contributed by atoms with van der Waals surface area (Å²) in [6.07, 6.45) is 1.93. The Hall–Kier alpha value is -1.55. The number of anilines is 1. The van der Waals surface area contributed by atoms with Crippen molar-refractivity contribution in [3.63, 3.8) is 0 Å². The highest BCUT2D eigenvalue weighted by atomic mass is 35.5. The first-order valence-electron chi connectivity index (χ1n) is 8.55. The van der Waals surface area contributed by atoms with Gasteiger partial charge in [-0.2, -0.15) is 0 Å². The van der Waals surface area contributed by atoms with Crippen molar-refractivity contribution < 1.29 is 4.79 Å². The highest BCUT2D eigenvalue weighted by molar-refractivity contribution is 6.35. The number of hydrogen-bond acceptors (Lipinski definition) is 2. The number of piperidine rings is 1. The van der Waals surface area contributed by atoms with Crippen LogP contribution in [0.5, 0.6) is 0 Å². The highest BCUT2D eigenvalue weighted by Crippen LogP contribution is 2.25. The average molecular weight is 377 g/mol. The van der Waals surface area contributed by atoms with Gasteiger partial charge in [0.15, 0.2) is 0 Å². The summed E-state index contributed by atoms with van der Waals surface area (Å²) in [5, 5.41) is 4.35. The van der Waals surface area contributed by atoms with Crippen molar-refractivity contribution in [2.45, 2.75) is 26.3 Å². The number of nitrogens with zero attached hydrogens (tertiary/aromatic N) is 1. The quantitative estimate of drug-likeness (QED) is 0.799. The molecule has 0 spiro atoms. The number of aryl methyl sites for hydroxylation is 1. The van der Waals surface area contributed by atoms with Crippen molar-refractivity contribution in [1.29, 1.82) is 0 Å². The summed E-state index contributed by atoms with van der Waals surface area (Å²) in [7, 11) is 0. The molecule has 5 heteroatoms. The van der Waals surface area contributed by atoms with Gasteiger partial charge in [-0.25, -0.2) is 0 Å². The number of carbonyl (C=O) groups excluding carboxylic acids is 1. The number of rotatable bonds is 4. The Morgan fingerprint density at radius 2 is 1.96 bits per heavy atom. The fourth-order valence-electron chi connectivity index (χ4n) is 3.19. The zero-order valence-corrected chi connectivity index (χ0v) is 15.8. The van der Waals surface area contributed by atoms with Crippen molar-refractivity contribution in [2.24, 2.45) is 5.92 Å². The van der Waals surface area contributed by atoms with E-state index in [4.69, 9.17) is 23.2 Å². The molecule has 1 atom stereocenters. The molecule has 0 saturated carbocycles. The fourth-order valence-corrected chi connectivity index (χ4v) is 3.65. The molecule has 1 aliphatic rings. The first-order valence-corrected chi connectivity index (χ1v) is 9.30. The first kappa shape index (κ1) is 18.2. The topological polar surface area (TPSA) is 32.3 Å². The van der Waals surface area contributed by atoms with Crippen molar-refractivity contribution in [2.75, 3.05) is 18.4 Å². The van der Waals surface area contributed by atoms with Gasteiger partial charge in [0, 0.05) is 28.8 Å². The van der Waals surface area contributed by atoms with Crippen molar-refractivity contribution in [1.82, 2.24) is 4.90 Å². The molecule has 25 heavy (non-hydrogen) atoms. The molecular formula is C20H22Cl2N2O. The molecule has 1 unspecified atom stereocenters. The van der Waals surface area contributed by atoms with E-state index in [1.54, 1.807) is 6.07 Å². The third-order valence-corrected chi connectivity index (χ3v) is 5.19. The molecule has 1 amide bonds. The Morgan fingerprint density at radius 3 is 2.68 bits per heavy atom. The number of benzene rings is 2. The molecule has 2 aromatic carbocycles. The fraction of sp³-hybridized carbons (Fsp3) is 0.350. The van der Waals surface area contributed by atoms with Gasteiger partial charge >= 0.3 is 0 Å². The largest absolute Gasteiger partial charge is 0.326 e. The van der Waals surface area contributed by atoms with E-state index in [0.717, 1.165) is 43.7 Å². The summed E-state index contributed by atoms with van der Waals surface area (Å²) < 4.78 is 0. The maximum atomic E-state index is 12.6. The van der Waals surface area contributed by atoms with E-state index >= 15 is 0 Å². The molecule has 1 fully saturated rings. The van der Waals surface area contributed by atoms with E-state index in [1.165, 1.54) is 5.56 Å². The van der Waals surface area contributed by atoms with Crippen LogP contribution in [0.1, 0.15) is 24.0 Å². The van der Waals surface area contributed by atoms with Gasteiger partial charge < -0.3 is 5.32 Å². The van der Waals surface area contributed by atoms with Crippen molar-refractivity contribution in [3.05, 3.63) is 63.6 Å². The normalized spacial score (nSPS) is 18.1. The molecule has 1 N–H and O–H groups in total. The van der Waals surface area contributed by atoms with Crippen molar-refractivity contribution >= 4 is 34.8 Å². The predicted molar refractivity (Wildman–Crippen MR) is 104 cm³/mol. The third kappa shape index (κ3) is 4.97. The number of halogens is 2. The standard InChI is InChI=1S/C20H22Cl2N2O/c1-14-4-8-18(9-5-14)23-20(25)16-3-2-10-24(13-16)12-15-6-7-17(21)11-19(15)22/h4-9,11,16H,2-3,10,12-13H2,1H3,(H,23,25). The van der Waals surface area contributed by atoms with Crippen LogP contribution in [0.15, 0.2) is 42.5 Å². The first-order chi connectivity index (χ1) is 12.0. The van der Waals surface area contributed by atoms with Crippen LogP contribution < -0.4 is 5.32 Å². The summed E-state index contributed by atoms with van der Waals surface area (Å²) in [5.41, 5.74) is 3.08. The van der Waals surface area contributed by atoms with E-state index in [1.807, 2.05) is 43.3 Å². The van der Waals surface area contributed by atoms with Gasteiger partial charge in [-0.15, -0.1) is 0 Å². The molecular weight excluding hydrogens is 355 g/mol. The second-order valence-electron chi connectivity index (χ2n) is 6.67. The molecule has 0 aromatic heterocycles. The lowest BCUT2D eigenvalue weighted by atomic mass is 9.96. The van der Waals surface area contributed by atoms with Crippen LogP contribution in [0.4, 0.5) is 5.69 Å². The zero-order valence-electron chi connectivity index (χ0n) is 14.3. The molecule has 0 radical (unpaired) electrons. The lowest BCUT2D eigenvalue weighted by Crippen LogP contribution is -2.40. The second-order valence-corrected chi connectivity index (χ2v) is 7.51. The Kier molecular flexibility index (Phi) is 6.00. The number of nitrogens with one attached hydrogen (secondary N) is 1. The summed E-state index contributed by atoms with van der Waals surface area (Å²) in [5.74, 6) is 0.0943. The summed E-state index contributed by atoms with van der Waals surface area (Å²) in [6, 6.07) is 13.5. The molecule has 132 valence electrons. The molecule has 3 rings (SSSR count). The SMILES string of the molecule is Cc1ccc(NC(=O)C2CCCN(Cc3ccc(Cl)cc3Cl)C2)cc1. The van der Waals surface area contributed by atoms with Gasteiger partial charge in [0.1, 0.15) is 0 Å². The number of carbonyl (C=O) groups is 1. The Labute approximate surface area is 158 Å². The maximum absolute atomic E-state index is 12.6. The minimum Gasteiger partial charge on any atom is -0.326 e. The molecule has 2 aromatic rings. The average Bonchev–Trinajstić information content (AvgIpc) is 2.60. The van der Waals surface area contributed by atoms with Gasteiger partial charge in [-0.3, -0.25) is 9.69 Å². The Morgan fingerprint density at radius 1 is 1.20 bits per heavy atom. The number of hydrogen-bond donors (Lipinski definition) is 1. The van der Waals surface area contributed by atoms with E-state index in [2.05, 4.69) is 10.2 Å². The van der Waals surface area contributed by atoms with Gasteiger partial charge in [-0.05, 0) is 56.1 Å². The minimum absolute atomic E-state index is 0.00105. The minimum atomic E-state index is 0.00105. The van der Waals surface area contributed by atoms with Gasteiger partial charge in [0.05, 0.1) is 5.92 Å². The number of amides is 1. The zero-order chi connectivity index (χ0) is 17.8. The monoisotopic (exact) mass is 376 g/mol. The van der Waals surface area contributed by atoms with Crippen LogP contribution in [0.25, 0.3) is 0 Å². The van der Waals surface area contributed by atoms with Gasteiger partial charge in [0.25, 0.3) is 0 Å². The summed E-state index contributed by atoms with van der Waals surface area (Å²) in [4.78, 5) is 14.9. The predicted octanol–water partition coefficient (Wildman–Crippen LogP) is 5.15. The Bertz CT molecular complexity index is 746. The lowest BCUT2D eigenvalue weighted by molar-refractivity contribution is -0.121. The van der Waals surface area contributed by atoms with Crippen LogP contribution in [0.3, 0.4) is 0 Å². The molecule has 0 bridgehead atoms. The van der Waals surface area contributed by atoms with Gasteiger partial charge in [0.2, 0.25) is 5.91 Å². The number of likely N-dealkylation sites (tertiary alicyclic amines) is 1. The van der Waals surface area contributed by atoms with E-state index < -0.39 is 0 Å². The van der Waals surface area contributed by atoms with Crippen LogP contribution in [0.2, 0.25) is 10.0 Å². The second kappa shape index (κ2) is 8.22. The van der Waals surface area contributed by atoms with E-state index in [-0.39, 0.29) is 11.8 Å². The van der Waals surface area contributed by atoms with Crippen molar-refractivity contribution in [3.8, 4) is 0 Å². The third-order valence-electron chi connectivity index (χ3n) is 4.60. The molecule has 1 heterocycles. The molecule has 1 aliphatic heterocycles. The Balaban J connectivity index is 1.60. The van der Waals surface area contributed by atoms with E-state index in [0.29, 0.717) is 10.0 Å². The summed E-state index contributed by atoms with van der Waals surface area (Å²) >= 11 is 12.2. The molecule has 1 saturated heterocycles. The van der Waals surface area contributed by atoms with Crippen LogP contribution in [-0.2, 0) is 11.3 Å².